The van der Waals surface area contributed by atoms with Crippen molar-refractivity contribution in [2.75, 3.05) is 5.88 Å². The van der Waals surface area contributed by atoms with Crippen LogP contribution in [0.4, 0.5) is 0 Å². The highest BCUT2D eigenvalue weighted by Crippen LogP contribution is 1.99. The molecule has 0 aromatic rings. The van der Waals surface area contributed by atoms with E-state index in [4.69, 9.17) is 11.6 Å². The Morgan fingerprint density at radius 2 is 2.17 bits per heavy atom. The van der Waals surface area contributed by atoms with E-state index in [-0.39, 0.29) is 0 Å². The Labute approximate surface area is 80.1 Å². The van der Waals surface area contributed by atoms with Crippen molar-refractivity contribution in [1.82, 2.24) is 0 Å². The highest BCUT2D eigenvalue weighted by Gasteiger charge is 1.95. The van der Waals surface area contributed by atoms with Gasteiger partial charge < -0.3 is 5.11 Å². The standard InChI is InChI=1S/C10H17ClO/c1-2-3-7-10(12)8-5-4-6-9-11/h10,12H,2-4,6-7,9H2,1H3. The first-order chi connectivity index (χ1) is 5.81. The molecule has 0 bridgehead atoms. The van der Waals surface area contributed by atoms with Crippen LogP contribution >= 0.6 is 11.6 Å². The van der Waals surface area contributed by atoms with Crippen molar-refractivity contribution in [1.29, 1.82) is 0 Å². The van der Waals surface area contributed by atoms with Crippen LogP contribution in [0.15, 0.2) is 0 Å². The van der Waals surface area contributed by atoms with Gasteiger partial charge in [-0.25, -0.2) is 0 Å². The van der Waals surface area contributed by atoms with E-state index in [1.165, 1.54) is 0 Å². The lowest BCUT2D eigenvalue weighted by Crippen LogP contribution is -2.01. The molecule has 0 aliphatic carbocycles. The smallest absolute Gasteiger partial charge is 0.114 e. The zero-order valence-electron chi connectivity index (χ0n) is 7.65. The Bertz CT molecular complexity index is 146. The molecule has 1 N–H and O–H groups in total. The second kappa shape index (κ2) is 8.90. The second-order valence-corrected chi connectivity index (χ2v) is 3.15. The molecule has 1 nitrogen and oxygen atoms in total. The summed E-state index contributed by atoms with van der Waals surface area (Å²) < 4.78 is 0. The number of unbranched alkanes of at least 4 members (excludes halogenated alkanes) is 2. The largest absolute Gasteiger partial charge is 0.380 e. The van der Waals surface area contributed by atoms with Gasteiger partial charge in [-0.2, -0.15) is 0 Å². The maximum Gasteiger partial charge on any atom is 0.114 e. The molecule has 0 spiro atoms. The molecule has 0 rings (SSSR count). The molecule has 12 heavy (non-hydrogen) atoms. The van der Waals surface area contributed by atoms with Gasteiger partial charge in [0.05, 0.1) is 0 Å². The van der Waals surface area contributed by atoms with Gasteiger partial charge in [-0.05, 0) is 12.8 Å². The zero-order valence-corrected chi connectivity index (χ0v) is 8.40. The first-order valence-electron chi connectivity index (χ1n) is 4.53. The van der Waals surface area contributed by atoms with Gasteiger partial charge in [0.1, 0.15) is 6.10 Å². The zero-order chi connectivity index (χ0) is 9.23. The summed E-state index contributed by atoms with van der Waals surface area (Å²) in [5.74, 6) is 6.36. The fourth-order valence-corrected chi connectivity index (χ4v) is 0.948. The van der Waals surface area contributed by atoms with Gasteiger partial charge in [0.15, 0.2) is 0 Å². The highest BCUT2D eigenvalue weighted by atomic mass is 35.5. The van der Waals surface area contributed by atoms with Gasteiger partial charge in [-0.15, -0.1) is 17.5 Å². The van der Waals surface area contributed by atoms with Crippen LogP contribution in [0, 0.1) is 11.8 Å². The summed E-state index contributed by atoms with van der Waals surface area (Å²) in [6.07, 6.45) is 4.23. The van der Waals surface area contributed by atoms with Crippen molar-refractivity contribution in [2.24, 2.45) is 0 Å². The average molecular weight is 189 g/mol. The van der Waals surface area contributed by atoms with Crippen molar-refractivity contribution < 1.29 is 5.11 Å². The third-order valence-corrected chi connectivity index (χ3v) is 1.80. The van der Waals surface area contributed by atoms with Crippen molar-refractivity contribution in [3.63, 3.8) is 0 Å². The maximum atomic E-state index is 9.27. The van der Waals surface area contributed by atoms with Crippen LogP contribution in [0.5, 0.6) is 0 Å². The fourth-order valence-electron chi connectivity index (χ4n) is 0.815. The van der Waals surface area contributed by atoms with Crippen LogP contribution < -0.4 is 0 Å². The molecule has 0 radical (unpaired) electrons. The van der Waals surface area contributed by atoms with Crippen molar-refractivity contribution in [3.05, 3.63) is 0 Å². The average Bonchev–Trinajstić information content (AvgIpc) is 2.09. The molecule has 0 saturated carbocycles. The van der Waals surface area contributed by atoms with Gasteiger partial charge in [0.2, 0.25) is 0 Å². The minimum atomic E-state index is -0.430. The molecular weight excluding hydrogens is 172 g/mol. The first-order valence-corrected chi connectivity index (χ1v) is 5.07. The molecular formula is C10H17ClO. The predicted molar refractivity (Wildman–Crippen MR) is 53.3 cm³/mol. The van der Waals surface area contributed by atoms with Crippen LogP contribution in [0.1, 0.15) is 39.0 Å². The summed E-state index contributed by atoms with van der Waals surface area (Å²) in [5, 5.41) is 9.27. The molecule has 2 heteroatoms. The SMILES string of the molecule is CCCCC(O)C#CCCCCl. The lowest BCUT2D eigenvalue weighted by molar-refractivity contribution is 0.218. The number of alkyl halides is 1. The number of halogens is 1. The molecule has 0 fully saturated rings. The Morgan fingerprint density at radius 3 is 2.75 bits per heavy atom. The summed E-state index contributed by atoms with van der Waals surface area (Å²) >= 11 is 5.47. The summed E-state index contributed by atoms with van der Waals surface area (Å²) in [6, 6.07) is 0. The van der Waals surface area contributed by atoms with Crippen molar-refractivity contribution >= 4 is 11.6 Å². The molecule has 0 saturated heterocycles. The van der Waals surface area contributed by atoms with E-state index in [0.29, 0.717) is 5.88 Å². The van der Waals surface area contributed by atoms with Gasteiger partial charge >= 0.3 is 0 Å². The minimum Gasteiger partial charge on any atom is -0.380 e. The third kappa shape index (κ3) is 7.91. The number of hydrogen-bond donors (Lipinski definition) is 1. The quantitative estimate of drug-likeness (QED) is 0.400. The molecule has 0 amide bonds. The van der Waals surface area contributed by atoms with E-state index in [9.17, 15) is 5.11 Å². The number of aliphatic hydroxyl groups excluding tert-OH is 1. The molecule has 1 atom stereocenters. The summed E-state index contributed by atoms with van der Waals surface area (Å²) in [5.41, 5.74) is 0. The van der Waals surface area contributed by atoms with Gasteiger partial charge in [-0.1, -0.05) is 25.7 Å². The second-order valence-electron chi connectivity index (χ2n) is 2.77. The molecule has 0 aliphatic heterocycles. The summed E-state index contributed by atoms with van der Waals surface area (Å²) in [7, 11) is 0. The number of aliphatic hydroxyl groups is 1. The minimum absolute atomic E-state index is 0.430. The molecule has 0 aromatic heterocycles. The highest BCUT2D eigenvalue weighted by molar-refractivity contribution is 6.17. The Kier molecular flexibility index (Phi) is 8.76. The van der Waals surface area contributed by atoms with Gasteiger partial charge in [0, 0.05) is 12.3 Å². The van der Waals surface area contributed by atoms with E-state index < -0.39 is 6.10 Å². The van der Waals surface area contributed by atoms with Crippen molar-refractivity contribution in [3.8, 4) is 11.8 Å². The van der Waals surface area contributed by atoms with Crippen LogP contribution in [0.25, 0.3) is 0 Å². The van der Waals surface area contributed by atoms with Crippen LogP contribution in [0.3, 0.4) is 0 Å². The Hall–Kier alpha value is -0.190. The lowest BCUT2D eigenvalue weighted by atomic mass is 10.1. The van der Waals surface area contributed by atoms with E-state index in [1.54, 1.807) is 0 Å². The van der Waals surface area contributed by atoms with Crippen LogP contribution in [-0.2, 0) is 0 Å². The lowest BCUT2D eigenvalue weighted by Gasteiger charge is -1.99. The molecule has 0 heterocycles. The van der Waals surface area contributed by atoms with Crippen molar-refractivity contribution in [2.45, 2.75) is 45.1 Å². The van der Waals surface area contributed by atoms with E-state index in [2.05, 4.69) is 18.8 Å². The Morgan fingerprint density at radius 1 is 1.42 bits per heavy atom. The molecule has 0 aromatic carbocycles. The number of rotatable bonds is 5. The van der Waals surface area contributed by atoms with Gasteiger partial charge in [0.25, 0.3) is 0 Å². The number of hydrogen-bond acceptors (Lipinski definition) is 1. The van der Waals surface area contributed by atoms with Crippen LogP contribution in [0.2, 0.25) is 0 Å². The third-order valence-electron chi connectivity index (χ3n) is 1.54. The monoisotopic (exact) mass is 188 g/mol. The normalized spacial score (nSPS) is 11.9. The first kappa shape index (κ1) is 11.8. The Balaban J connectivity index is 3.36. The summed E-state index contributed by atoms with van der Waals surface area (Å²) in [6.45, 7) is 2.10. The fraction of sp³-hybridized carbons (Fsp3) is 0.800. The topological polar surface area (TPSA) is 20.2 Å². The van der Waals surface area contributed by atoms with E-state index in [1.807, 2.05) is 0 Å². The van der Waals surface area contributed by atoms with Crippen LogP contribution in [-0.4, -0.2) is 17.1 Å². The molecule has 1 unspecified atom stereocenters. The predicted octanol–water partition coefficient (Wildman–Crippen LogP) is 2.56. The van der Waals surface area contributed by atoms with Gasteiger partial charge in [-0.3, -0.25) is 0 Å². The molecule has 0 aliphatic rings. The summed E-state index contributed by atoms with van der Waals surface area (Å²) in [4.78, 5) is 0. The maximum absolute atomic E-state index is 9.27. The van der Waals surface area contributed by atoms with E-state index in [0.717, 1.165) is 32.1 Å². The van der Waals surface area contributed by atoms with E-state index >= 15 is 0 Å². The molecule has 70 valence electrons.